The molecule has 0 aliphatic carbocycles. The largest absolute Gasteiger partial charge is 0.481 e. The third-order valence-electron chi connectivity index (χ3n) is 2.84. The van der Waals surface area contributed by atoms with Gasteiger partial charge in [0.1, 0.15) is 12.4 Å². The predicted octanol–water partition coefficient (Wildman–Crippen LogP) is 1.95. The Morgan fingerprint density at radius 2 is 2.22 bits per heavy atom. The fourth-order valence-corrected chi connectivity index (χ4v) is 1.77. The molecule has 1 atom stereocenters. The molecule has 3 nitrogen and oxygen atoms in total. The van der Waals surface area contributed by atoms with Gasteiger partial charge in [-0.1, -0.05) is 31.0 Å². The molecule has 0 saturated carbocycles. The number of hydrogen-bond acceptors (Lipinski definition) is 3. The second-order valence-electron chi connectivity index (χ2n) is 4.10. The van der Waals surface area contributed by atoms with Crippen molar-refractivity contribution in [3.8, 4) is 18.1 Å². The molecule has 1 aromatic carbocycles. The summed E-state index contributed by atoms with van der Waals surface area (Å²) in [6.45, 7) is 3.32. The molecule has 98 valence electrons. The smallest absolute Gasteiger partial charge is 0.148 e. The number of aliphatic hydroxyl groups excluding tert-OH is 1. The van der Waals surface area contributed by atoms with Crippen LogP contribution in [0.2, 0.25) is 0 Å². The Morgan fingerprint density at radius 1 is 1.44 bits per heavy atom. The highest BCUT2D eigenvalue weighted by Gasteiger charge is 2.07. The molecular formula is C15H21NO2. The van der Waals surface area contributed by atoms with Crippen LogP contribution in [0.15, 0.2) is 24.3 Å². The van der Waals surface area contributed by atoms with Crippen LogP contribution in [0, 0.1) is 12.3 Å². The Kier molecular flexibility index (Phi) is 6.93. The first-order chi connectivity index (χ1) is 8.81. The maximum atomic E-state index is 8.95. The van der Waals surface area contributed by atoms with Gasteiger partial charge in [0, 0.05) is 24.8 Å². The number of aliphatic hydroxyl groups is 1. The average Bonchev–Trinajstić information content (AvgIpc) is 2.42. The molecule has 0 radical (unpaired) electrons. The minimum Gasteiger partial charge on any atom is -0.481 e. The van der Waals surface area contributed by atoms with Crippen LogP contribution < -0.4 is 10.1 Å². The fraction of sp³-hybridized carbons (Fsp3) is 0.467. The fourth-order valence-electron chi connectivity index (χ4n) is 1.77. The molecule has 0 bridgehead atoms. The summed E-state index contributed by atoms with van der Waals surface area (Å²) in [5.41, 5.74) is 1.09. The third-order valence-corrected chi connectivity index (χ3v) is 2.84. The van der Waals surface area contributed by atoms with Gasteiger partial charge in [0.15, 0.2) is 0 Å². The summed E-state index contributed by atoms with van der Waals surface area (Å²) in [4.78, 5) is 0. The van der Waals surface area contributed by atoms with E-state index in [0.29, 0.717) is 6.04 Å². The van der Waals surface area contributed by atoms with E-state index in [-0.39, 0.29) is 13.2 Å². The highest BCUT2D eigenvalue weighted by atomic mass is 16.5. The number of rotatable bonds is 8. The lowest BCUT2D eigenvalue weighted by molar-refractivity contribution is 0.261. The zero-order valence-corrected chi connectivity index (χ0v) is 10.9. The van der Waals surface area contributed by atoms with E-state index in [1.54, 1.807) is 0 Å². The van der Waals surface area contributed by atoms with Crippen molar-refractivity contribution in [2.45, 2.75) is 32.4 Å². The van der Waals surface area contributed by atoms with Crippen LogP contribution in [0.4, 0.5) is 0 Å². The van der Waals surface area contributed by atoms with Gasteiger partial charge in [-0.15, -0.1) is 6.42 Å². The second-order valence-corrected chi connectivity index (χ2v) is 4.10. The normalized spacial score (nSPS) is 11.8. The van der Waals surface area contributed by atoms with Crippen molar-refractivity contribution in [3.05, 3.63) is 29.8 Å². The Bertz CT molecular complexity index is 384. The van der Waals surface area contributed by atoms with E-state index in [1.807, 2.05) is 24.3 Å². The number of benzene rings is 1. The highest BCUT2D eigenvalue weighted by Crippen LogP contribution is 2.18. The quantitative estimate of drug-likeness (QED) is 0.690. The molecule has 1 aromatic rings. The van der Waals surface area contributed by atoms with Crippen molar-refractivity contribution >= 4 is 0 Å². The van der Waals surface area contributed by atoms with E-state index in [1.165, 1.54) is 0 Å². The van der Waals surface area contributed by atoms with Gasteiger partial charge in [-0.2, -0.15) is 0 Å². The molecule has 0 aliphatic rings. The van der Waals surface area contributed by atoms with Crippen molar-refractivity contribution < 1.29 is 9.84 Å². The SMILES string of the molecule is C#CCOc1ccccc1CNC(CC)CCO. The maximum Gasteiger partial charge on any atom is 0.148 e. The third kappa shape index (κ3) is 4.79. The summed E-state index contributed by atoms with van der Waals surface area (Å²) in [5.74, 6) is 3.29. The highest BCUT2D eigenvalue weighted by molar-refractivity contribution is 5.33. The molecule has 0 saturated heterocycles. The van der Waals surface area contributed by atoms with Crippen LogP contribution in [0.5, 0.6) is 5.75 Å². The Balaban J connectivity index is 2.57. The molecule has 0 aliphatic heterocycles. The molecular weight excluding hydrogens is 226 g/mol. The Hall–Kier alpha value is -1.50. The molecule has 1 unspecified atom stereocenters. The van der Waals surface area contributed by atoms with Gasteiger partial charge in [-0.3, -0.25) is 0 Å². The van der Waals surface area contributed by atoms with Crippen LogP contribution in [0.1, 0.15) is 25.3 Å². The number of ether oxygens (including phenoxy) is 1. The zero-order valence-electron chi connectivity index (χ0n) is 10.9. The molecule has 0 spiro atoms. The summed E-state index contributed by atoms with van der Waals surface area (Å²) in [5, 5.41) is 12.4. The number of hydrogen-bond donors (Lipinski definition) is 2. The van der Waals surface area contributed by atoms with Crippen LogP contribution in [-0.2, 0) is 6.54 Å². The minimum absolute atomic E-state index is 0.209. The van der Waals surface area contributed by atoms with Gasteiger partial charge in [0.2, 0.25) is 0 Å². The standard InChI is InChI=1S/C15H21NO2/c1-3-11-18-15-8-6-5-7-13(15)12-16-14(4-2)9-10-17/h1,5-8,14,16-17H,4,9-12H2,2H3. The zero-order chi connectivity index (χ0) is 13.2. The first kappa shape index (κ1) is 14.6. The molecule has 0 amide bonds. The molecule has 0 aromatic heterocycles. The van der Waals surface area contributed by atoms with Crippen molar-refractivity contribution in [1.82, 2.24) is 5.32 Å². The van der Waals surface area contributed by atoms with E-state index in [0.717, 1.165) is 30.7 Å². The monoisotopic (exact) mass is 247 g/mol. The van der Waals surface area contributed by atoms with E-state index in [9.17, 15) is 0 Å². The summed E-state index contributed by atoms with van der Waals surface area (Å²) in [6, 6.07) is 8.18. The van der Waals surface area contributed by atoms with Crippen LogP contribution in [0.25, 0.3) is 0 Å². The first-order valence-corrected chi connectivity index (χ1v) is 6.30. The van der Waals surface area contributed by atoms with Crippen LogP contribution >= 0.6 is 0 Å². The lowest BCUT2D eigenvalue weighted by Crippen LogP contribution is -2.29. The van der Waals surface area contributed by atoms with E-state index in [2.05, 4.69) is 18.2 Å². The predicted molar refractivity (Wildman–Crippen MR) is 73.4 cm³/mol. The number of terminal acetylenes is 1. The van der Waals surface area contributed by atoms with E-state index < -0.39 is 0 Å². The molecule has 2 N–H and O–H groups in total. The molecule has 0 fully saturated rings. The van der Waals surface area contributed by atoms with E-state index in [4.69, 9.17) is 16.3 Å². The first-order valence-electron chi connectivity index (χ1n) is 6.30. The Morgan fingerprint density at radius 3 is 2.89 bits per heavy atom. The van der Waals surface area contributed by atoms with Crippen molar-refractivity contribution in [2.24, 2.45) is 0 Å². The van der Waals surface area contributed by atoms with E-state index >= 15 is 0 Å². The summed E-state index contributed by atoms with van der Waals surface area (Å²) >= 11 is 0. The van der Waals surface area contributed by atoms with Crippen molar-refractivity contribution in [1.29, 1.82) is 0 Å². The maximum absolute atomic E-state index is 8.95. The van der Waals surface area contributed by atoms with Gasteiger partial charge < -0.3 is 15.2 Å². The van der Waals surface area contributed by atoms with Gasteiger partial charge in [0.05, 0.1) is 0 Å². The lowest BCUT2D eigenvalue weighted by Gasteiger charge is -2.17. The number of para-hydroxylation sites is 1. The van der Waals surface area contributed by atoms with Gasteiger partial charge in [0.25, 0.3) is 0 Å². The van der Waals surface area contributed by atoms with Crippen LogP contribution in [0.3, 0.4) is 0 Å². The van der Waals surface area contributed by atoms with Gasteiger partial charge in [-0.25, -0.2) is 0 Å². The van der Waals surface area contributed by atoms with Gasteiger partial charge >= 0.3 is 0 Å². The summed E-state index contributed by atoms with van der Waals surface area (Å²) in [6.07, 6.45) is 6.95. The molecule has 18 heavy (non-hydrogen) atoms. The second kappa shape index (κ2) is 8.57. The summed E-state index contributed by atoms with van der Waals surface area (Å²) < 4.78 is 5.49. The lowest BCUT2D eigenvalue weighted by atomic mass is 10.1. The van der Waals surface area contributed by atoms with Gasteiger partial charge in [-0.05, 0) is 18.9 Å². The minimum atomic E-state index is 0.209. The van der Waals surface area contributed by atoms with Crippen molar-refractivity contribution in [2.75, 3.05) is 13.2 Å². The topological polar surface area (TPSA) is 41.5 Å². The molecule has 0 heterocycles. The molecule has 1 rings (SSSR count). The molecule has 3 heteroatoms. The Labute approximate surface area is 109 Å². The van der Waals surface area contributed by atoms with Crippen LogP contribution in [-0.4, -0.2) is 24.4 Å². The van der Waals surface area contributed by atoms with Crippen molar-refractivity contribution in [3.63, 3.8) is 0 Å². The average molecular weight is 247 g/mol. The summed E-state index contributed by atoms with van der Waals surface area (Å²) in [7, 11) is 0. The number of nitrogens with one attached hydrogen (secondary N) is 1.